The predicted octanol–water partition coefficient (Wildman–Crippen LogP) is 5.48. The molecule has 9 heteroatoms. The number of rotatable bonds is 10. The smallest absolute Gasteiger partial charge is 0.408 e. The van der Waals surface area contributed by atoms with Crippen molar-refractivity contribution in [2.24, 2.45) is 5.41 Å². The fourth-order valence-corrected chi connectivity index (χ4v) is 5.96. The molecule has 2 heterocycles. The normalized spacial score (nSPS) is 17.7. The molecule has 1 fully saturated rings. The lowest BCUT2D eigenvalue weighted by atomic mass is 9.90. The van der Waals surface area contributed by atoms with Gasteiger partial charge in [0, 0.05) is 16.7 Å². The summed E-state index contributed by atoms with van der Waals surface area (Å²) in [5, 5.41) is 6.38. The van der Waals surface area contributed by atoms with E-state index in [-0.39, 0.29) is 18.5 Å². The summed E-state index contributed by atoms with van der Waals surface area (Å²) in [7, 11) is 0. The largest absolute Gasteiger partial charge is 0.444 e. The number of hydrogen-bond donors (Lipinski definition) is 2. The Morgan fingerprint density at radius 3 is 2.45 bits per heavy atom. The van der Waals surface area contributed by atoms with Crippen molar-refractivity contribution in [2.45, 2.75) is 65.1 Å². The minimum absolute atomic E-state index is 0.0963. The quantitative estimate of drug-likeness (QED) is 0.318. The van der Waals surface area contributed by atoms with Gasteiger partial charge < -0.3 is 20.3 Å². The van der Waals surface area contributed by atoms with Gasteiger partial charge in [-0.1, -0.05) is 82.1 Å². The summed E-state index contributed by atoms with van der Waals surface area (Å²) in [4.78, 5) is 54.4. The van der Waals surface area contributed by atoms with Crippen molar-refractivity contribution in [1.29, 1.82) is 0 Å². The Hall–Kier alpha value is -3.72. The number of unbranched alkanes of at least 4 members (excludes halogenated alkanes) is 1. The third-order valence-corrected chi connectivity index (χ3v) is 8.46. The van der Waals surface area contributed by atoms with Crippen LogP contribution in [0.1, 0.15) is 68.2 Å². The summed E-state index contributed by atoms with van der Waals surface area (Å²) in [5.41, 5.74) is 0.383. The number of carbonyl (C=O) groups excluding carboxylic acids is 4. The Morgan fingerprint density at radius 2 is 1.75 bits per heavy atom. The van der Waals surface area contributed by atoms with Crippen LogP contribution in [0.25, 0.3) is 10.1 Å². The van der Waals surface area contributed by atoms with Crippen LogP contribution in [0.2, 0.25) is 0 Å². The Bertz CT molecular complexity index is 1340. The van der Waals surface area contributed by atoms with Crippen molar-refractivity contribution in [3.63, 3.8) is 0 Å². The number of Topliss-reactive ketones (excluding diaryl/α,β-unsaturated/α-hetero) is 1. The molecular formula is C31H37N3O5S. The maximum atomic E-state index is 13.3. The number of fused-ring (bicyclic) bond motifs is 1. The zero-order valence-electron chi connectivity index (χ0n) is 23.4. The van der Waals surface area contributed by atoms with E-state index in [9.17, 15) is 19.2 Å². The highest BCUT2D eigenvalue weighted by atomic mass is 32.1. The number of amides is 3. The molecule has 0 unspecified atom stereocenters. The van der Waals surface area contributed by atoms with Crippen LogP contribution in [0.15, 0.2) is 60.7 Å². The summed E-state index contributed by atoms with van der Waals surface area (Å²) in [5.74, 6) is -1.56. The van der Waals surface area contributed by atoms with Crippen LogP contribution in [0.4, 0.5) is 4.79 Å². The van der Waals surface area contributed by atoms with Crippen molar-refractivity contribution in [3.05, 3.63) is 71.1 Å². The van der Waals surface area contributed by atoms with Crippen molar-refractivity contribution >= 4 is 45.1 Å². The highest BCUT2D eigenvalue weighted by Crippen LogP contribution is 2.35. The van der Waals surface area contributed by atoms with Gasteiger partial charge in [0.2, 0.25) is 5.78 Å². The molecule has 2 aromatic carbocycles. The fraction of sp³-hybridized carbons (Fsp3) is 0.419. The molecule has 8 nitrogen and oxygen atoms in total. The SMILES string of the molecule is CCCC[C@H](NC(=O)O[C@H]1CN(C(=O)c2cc3ccccc3s2)CC1(C)C)C(=O)C(=O)N[C@H](C)c1ccccc1. The number of carbonyl (C=O) groups is 4. The Labute approximate surface area is 239 Å². The molecule has 0 bridgehead atoms. The average molecular weight is 564 g/mol. The van der Waals surface area contributed by atoms with Gasteiger partial charge in [-0.05, 0) is 36.4 Å². The van der Waals surface area contributed by atoms with Crippen LogP contribution < -0.4 is 10.6 Å². The molecule has 1 aliphatic rings. The van der Waals surface area contributed by atoms with Crippen LogP contribution >= 0.6 is 11.3 Å². The first-order valence-corrected chi connectivity index (χ1v) is 14.6. The van der Waals surface area contributed by atoms with E-state index in [0.717, 1.165) is 22.1 Å². The van der Waals surface area contributed by atoms with E-state index in [4.69, 9.17) is 4.74 Å². The second kappa shape index (κ2) is 12.6. The minimum Gasteiger partial charge on any atom is -0.444 e. The first kappa shape index (κ1) is 29.3. The topological polar surface area (TPSA) is 105 Å². The Morgan fingerprint density at radius 1 is 1.05 bits per heavy atom. The van der Waals surface area contributed by atoms with Crippen molar-refractivity contribution in [1.82, 2.24) is 15.5 Å². The highest BCUT2D eigenvalue weighted by molar-refractivity contribution is 7.20. The van der Waals surface area contributed by atoms with E-state index in [0.29, 0.717) is 24.3 Å². The molecule has 3 amide bonds. The molecule has 1 aliphatic heterocycles. The predicted molar refractivity (Wildman–Crippen MR) is 156 cm³/mol. The van der Waals surface area contributed by atoms with Gasteiger partial charge in [0.25, 0.3) is 11.8 Å². The van der Waals surface area contributed by atoms with Gasteiger partial charge in [0.1, 0.15) is 12.1 Å². The molecule has 3 atom stereocenters. The second-order valence-electron chi connectivity index (χ2n) is 11.0. The van der Waals surface area contributed by atoms with E-state index < -0.39 is 35.3 Å². The Kier molecular flexibility index (Phi) is 9.25. The molecule has 2 N–H and O–H groups in total. The molecule has 0 aliphatic carbocycles. The van der Waals surface area contributed by atoms with Crippen molar-refractivity contribution in [3.8, 4) is 0 Å². The number of ketones is 1. The van der Waals surface area contributed by atoms with Gasteiger partial charge in [-0.2, -0.15) is 0 Å². The second-order valence-corrected chi connectivity index (χ2v) is 12.1. The lowest BCUT2D eigenvalue weighted by Crippen LogP contribution is -2.49. The third-order valence-electron chi connectivity index (χ3n) is 7.35. The van der Waals surface area contributed by atoms with Crippen LogP contribution in [0, 0.1) is 5.41 Å². The molecule has 0 radical (unpaired) electrons. The summed E-state index contributed by atoms with van der Waals surface area (Å²) in [6.45, 7) is 8.34. The molecular weight excluding hydrogens is 526 g/mol. The number of benzene rings is 2. The number of ether oxygens (including phenoxy) is 1. The van der Waals surface area contributed by atoms with E-state index in [1.54, 1.807) is 11.8 Å². The lowest BCUT2D eigenvalue weighted by Gasteiger charge is -2.26. The fourth-order valence-electron chi connectivity index (χ4n) is 4.93. The van der Waals surface area contributed by atoms with Crippen LogP contribution in [0.3, 0.4) is 0 Å². The first-order chi connectivity index (χ1) is 19.1. The summed E-state index contributed by atoms with van der Waals surface area (Å²) >= 11 is 1.45. The van der Waals surface area contributed by atoms with Gasteiger partial charge in [-0.15, -0.1) is 11.3 Å². The zero-order valence-corrected chi connectivity index (χ0v) is 24.3. The van der Waals surface area contributed by atoms with Crippen LogP contribution in [0.5, 0.6) is 0 Å². The monoisotopic (exact) mass is 563 g/mol. The van der Waals surface area contributed by atoms with E-state index in [2.05, 4.69) is 10.6 Å². The number of alkyl carbamates (subject to hydrolysis) is 1. The molecule has 212 valence electrons. The van der Waals surface area contributed by atoms with Crippen LogP contribution in [-0.4, -0.2) is 53.8 Å². The third kappa shape index (κ3) is 6.88. The van der Waals surface area contributed by atoms with Crippen molar-refractivity contribution < 1.29 is 23.9 Å². The summed E-state index contributed by atoms with van der Waals surface area (Å²) < 4.78 is 6.81. The van der Waals surface area contributed by atoms with E-state index in [1.165, 1.54) is 11.3 Å². The standard InChI is InChI=1S/C31H37N3O5S/c1-5-6-15-23(27(35)28(36)32-20(2)21-12-8-7-9-13-21)33-30(38)39-26-18-34(19-31(26,3)4)29(37)25-17-22-14-10-11-16-24(22)40-25/h7-14,16-17,20,23,26H,5-6,15,18-19H2,1-4H3,(H,32,36)(H,33,38)/t20-,23+,26+/m1/s1. The molecule has 1 saturated heterocycles. The number of nitrogens with one attached hydrogen (secondary N) is 2. The average Bonchev–Trinajstić information content (AvgIpc) is 3.50. The molecule has 1 aromatic heterocycles. The maximum Gasteiger partial charge on any atom is 0.408 e. The molecule has 3 aromatic rings. The van der Waals surface area contributed by atoms with E-state index >= 15 is 0 Å². The van der Waals surface area contributed by atoms with E-state index in [1.807, 2.05) is 81.4 Å². The molecule has 0 saturated carbocycles. The zero-order chi connectivity index (χ0) is 28.9. The van der Waals surface area contributed by atoms with Gasteiger partial charge in [-0.25, -0.2) is 4.79 Å². The number of thiophene rings is 1. The lowest BCUT2D eigenvalue weighted by molar-refractivity contribution is -0.139. The maximum absolute atomic E-state index is 13.3. The van der Waals surface area contributed by atoms with Gasteiger partial charge in [-0.3, -0.25) is 14.4 Å². The summed E-state index contributed by atoms with van der Waals surface area (Å²) in [6, 6.07) is 17.7. The van der Waals surface area contributed by atoms with Crippen LogP contribution in [-0.2, 0) is 14.3 Å². The molecule has 40 heavy (non-hydrogen) atoms. The Balaban J connectivity index is 1.38. The van der Waals surface area contributed by atoms with Gasteiger partial charge >= 0.3 is 6.09 Å². The van der Waals surface area contributed by atoms with Gasteiger partial charge in [0.15, 0.2) is 0 Å². The minimum atomic E-state index is -1.00. The number of nitrogens with zero attached hydrogens (tertiary/aromatic N) is 1. The first-order valence-electron chi connectivity index (χ1n) is 13.7. The summed E-state index contributed by atoms with van der Waals surface area (Å²) in [6.07, 6.45) is 0.437. The molecule has 0 spiro atoms. The van der Waals surface area contributed by atoms with Gasteiger partial charge in [0.05, 0.1) is 17.5 Å². The number of likely N-dealkylation sites (tertiary alicyclic amines) is 1. The molecule has 4 rings (SSSR count). The highest BCUT2D eigenvalue weighted by Gasteiger charge is 2.44. The van der Waals surface area contributed by atoms with Crippen molar-refractivity contribution in [2.75, 3.05) is 13.1 Å². The number of hydrogen-bond acceptors (Lipinski definition) is 6.